The van der Waals surface area contributed by atoms with Gasteiger partial charge < -0.3 is 10.0 Å². The predicted molar refractivity (Wildman–Crippen MR) is 99.5 cm³/mol. The third kappa shape index (κ3) is 4.46. The van der Waals surface area contributed by atoms with Gasteiger partial charge in [-0.15, -0.1) is 0 Å². The van der Waals surface area contributed by atoms with Crippen LogP contribution in [0.5, 0.6) is 0 Å². The molecule has 2 aliphatic heterocycles. The molecule has 25 heavy (non-hydrogen) atoms. The van der Waals surface area contributed by atoms with Crippen molar-refractivity contribution in [1.29, 1.82) is 0 Å². The average molecular weight is 383 g/mol. The van der Waals surface area contributed by atoms with Crippen LogP contribution in [0.25, 0.3) is 0 Å². The van der Waals surface area contributed by atoms with Crippen molar-refractivity contribution >= 4 is 27.1 Å². The number of aromatic nitrogens is 1. The number of pyridine rings is 1. The summed E-state index contributed by atoms with van der Waals surface area (Å²) in [5, 5.41) is 9.95. The number of halogens is 1. The zero-order valence-corrected chi connectivity index (χ0v) is 15.9. The van der Waals surface area contributed by atoms with Crippen LogP contribution in [0.1, 0.15) is 31.7 Å². The fourth-order valence-electron chi connectivity index (χ4n) is 3.31. The summed E-state index contributed by atoms with van der Waals surface area (Å²) in [6.45, 7) is 3.94. The molecular weight excluding hydrogens is 360 g/mol. The zero-order chi connectivity index (χ0) is 18.1. The molecule has 5 nitrogen and oxygen atoms in total. The van der Waals surface area contributed by atoms with E-state index in [4.69, 9.17) is 11.6 Å². The quantitative estimate of drug-likeness (QED) is 0.626. The fraction of sp³-hybridized carbons (Fsp3) is 0.611. The summed E-state index contributed by atoms with van der Waals surface area (Å²) in [6, 6.07) is 1.82. The number of aliphatic hydroxyl groups excluding tert-OH is 1. The van der Waals surface area contributed by atoms with E-state index in [0.717, 1.165) is 37.2 Å². The summed E-state index contributed by atoms with van der Waals surface area (Å²) in [7, 11) is -2.93. The van der Waals surface area contributed by atoms with Gasteiger partial charge in [0.25, 0.3) is 0 Å². The third-order valence-corrected chi connectivity index (χ3v) is 7.16. The highest BCUT2D eigenvalue weighted by molar-refractivity contribution is 7.91. The van der Waals surface area contributed by atoms with E-state index in [1.54, 1.807) is 6.20 Å². The van der Waals surface area contributed by atoms with E-state index in [-0.39, 0.29) is 29.4 Å². The van der Waals surface area contributed by atoms with Gasteiger partial charge in [0.15, 0.2) is 9.84 Å². The Morgan fingerprint density at radius 3 is 2.76 bits per heavy atom. The maximum Gasteiger partial charge on any atom is 0.151 e. The molecule has 1 unspecified atom stereocenters. The van der Waals surface area contributed by atoms with E-state index < -0.39 is 9.84 Å². The maximum atomic E-state index is 11.6. The Balaban J connectivity index is 1.80. The van der Waals surface area contributed by atoms with Crippen LogP contribution >= 0.6 is 11.6 Å². The fourth-order valence-corrected chi connectivity index (χ4v) is 5.14. The Bertz CT molecular complexity index is 805. The van der Waals surface area contributed by atoms with Crippen LogP contribution in [0.4, 0.5) is 5.69 Å². The van der Waals surface area contributed by atoms with E-state index in [1.807, 2.05) is 6.07 Å². The summed E-state index contributed by atoms with van der Waals surface area (Å²) in [5.74, 6) is 6.50. The molecule has 136 valence electrons. The molecular formula is C18H23ClN2O3S. The highest BCUT2D eigenvalue weighted by Crippen LogP contribution is 2.34. The summed E-state index contributed by atoms with van der Waals surface area (Å²) in [6.07, 6.45) is 4.06. The third-order valence-electron chi connectivity index (χ3n) is 5.19. The highest BCUT2D eigenvalue weighted by atomic mass is 35.5. The minimum absolute atomic E-state index is 0.0304. The first-order valence-electron chi connectivity index (χ1n) is 8.54. The largest absolute Gasteiger partial charge is 0.396 e. The molecule has 0 aromatic carbocycles. The van der Waals surface area contributed by atoms with Crippen molar-refractivity contribution in [2.75, 3.05) is 36.1 Å². The van der Waals surface area contributed by atoms with Crippen molar-refractivity contribution in [3.63, 3.8) is 0 Å². The normalized spacial score (nSPS) is 24.6. The Hall–Kier alpha value is -1.29. The van der Waals surface area contributed by atoms with Crippen LogP contribution < -0.4 is 4.90 Å². The van der Waals surface area contributed by atoms with Crippen molar-refractivity contribution in [3.05, 3.63) is 23.0 Å². The maximum absolute atomic E-state index is 11.6. The average Bonchev–Trinajstić information content (AvgIpc) is 2.93. The number of rotatable bonds is 2. The summed E-state index contributed by atoms with van der Waals surface area (Å²) in [4.78, 5) is 6.35. The highest BCUT2D eigenvalue weighted by Gasteiger charge is 2.30. The Kier molecular flexibility index (Phi) is 5.29. The topological polar surface area (TPSA) is 70.5 Å². The van der Waals surface area contributed by atoms with Crippen LogP contribution in [0, 0.1) is 23.2 Å². The molecule has 0 saturated carbocycles. The van der Waals surface area contributed by atoms with Crippen molar-refractivity contribution in [2.24, 2.45) is 11.3 Å². The summed E-state index contributed by atoms with van der Waals surface area (Å²) in [5.41, 5.74) is 1.69. The predicted octanol–water partition coefficient (Wildman–Crippen LogP) is 2.12. The van der Waals surface area contributed by atoms with E-state index in [9.17, 15) is 13.5 Å². The van der Waals surface area contributed by atoms with Gasteiger partial charge in [0.2, 0.25) is 0 Å². The lowest BCUT2D eigenvalue weighted by atomic mass is 9.81. The van der Waals surface area contributed by atoms with Gasteiger partial charge in [-0.2, -0.15) is 0 Å². The number of piperidine rings is 1. The molecule has 2 saturated heterocycles. The molecule has 3 heterocycles. The van der Waals surface area contributed by atoms with Gasteiger partial charge in [-0.3, -0.25) is 0 Å². The number of aliphatic hydroxyl groups is 1. The molecule has 1 aromatic rings. The van der Waals surface area contributed by atoms with Gasteiger partial charge in [0.05, 0.1) is 22.8 Å². The second-order valence-electron chi connectivity index (χ2n) is 7.35. The molecule has 1 atom stereocenters. The molecule has 0 spiro atoms. The van der Waals surface area contributed by atoms with Gasteiger partial charge >= 0.3 is 0 Å². The molecule has 0 aliphatic carbocycles. The van der Waals surface area contributed by atoms with Crippen molar-refractivity contribution in [1.82, 2.24) is 4.98 Å². The molecule has 0 radical (unpaired) electrons. The monoisotopic (exact) mass is 382 g/mol. The van der Waals surface area contributed by atoms with Crippen LogP contribution in [0.2, 0.25) is 5.15 Å². The van der Waals surface area contributed by atoms with Crippen molar-refractivity contribution in [3.8, 4) is 11.8 Å². The lowest BCUT2D eigenvalue weighted by molar-refractivity contribution is 0.115. The van der Waals surface area contributed by atoms with E-state index in [1.165, 1.54) is 0 Å². The number of sulfone groups is 1. The molecule has 1 N–H and O–H groups in total. The minimum atomic E-state index is -2.93. The van der Waals surface area contributed by atoms with Gasteiger partial charge in [-0.05, 0) is 24.7 Å². The van der Waals surface area contributed by atoms with Crippen LogP contribution in [0.15, 0.2) is 12.3 Å². The van der Waals surface area contributed by atoms with Crippen molar-refractivity contribution < 1.29 is 13.5 Å². The number of hydrogen-bond donors (Lipinski definition) is 1. The first-order valence-corrected chi connectivity index (χ1v) is 10.7. The summed E-state index contributed by atoms with van der Waals surface area (Å²) < 4.78 is 23.1. The lowest BCUT2D eigenvalue weighted by Crippen LogP contribution is -2.40. The molecule has 3 rings (SSSR count). The molecule has 7 heteroatoms. The molecule has 0 amide bonds. The van der Waals surface area contributed by atoms with Gasteiger partial charge in [-0.25, -0.2) is 13.4 Å². The van der Waals surface area contributed by atoms with Gasteiger partial charge in [0.1, 0.15) is 5.15 Å². The second kappa shape index (κ2) is 7.14. The number of nitrogens with zero attached hydrogens (tertiary/aromatic N) is 2. The Morgan fingerprint density at radius 2 is 2.16 bits per heavy atom. The Morgan fingerprint density at radius 1 is 1.44 bits per heavy atom. The SMILES string of the molecule is CC1(CO)CCN(c2cc(Cl)ncc2C#CC2CCS(=O)(=O)C2)CC1. The second-order valence-corrected chi connectivity index (χ2v) is 9.97. The number of hydrogen-bond acceptors (Lipinski definition) is 5. The molecule has 2 aliphatic rings. The minimum Gasteiger partial charge on any atom is -0.396 e. The van der Waals surface area contributed by atoms with E-state index in [2.05, 4.69) is 28.6 Å². The lowest BCUT2D eigenvalue weighted by Gasteiger charge is -2.39. The van der Waals surface area contributed by atoms with Crippen LogP contribution in [-0.4, -0.2) is 49.7 Å². The molecule has 1 aromatic heterocycles. The first kappa shape index (κ1) is 18.5. The van der Waals surface area contributed by atoms with Gasteiger partial charge in [0, 0.05) is 37.9 Å². The van der Waals surface area contributed by atoms with Crippen molar-refractivity contribution in [2.45, 2.75) is 26.2 Å². The zero-order valence-electron chi connectivity index (χ0n) is 14.3. The smallest absolute Gasteiger partial charge is 0.151 e. The summed E-state index contributed by atoms with van der Waals surface area (Å²) >= 11 is 6.08. The van der Waals surface area contributed by atoms with Crippen LogP contribution in [0.3, 0.4) is 0 Å². The van der Waals surface area contributed by atoms with E-state index in [0.29, 0.717) is 11.6 Å². The van der Waals surface area contributed by atoms with Crippen LogP contribution in [-0.2, 0) is 9.84 Å². The number of anilines is 1. The Labute approximate surface area is 154 Å². The van der Waals surface area contributed by atoms with E-state index >= 15 is 0 Å². The first-order chi connectivity index (χ1) is 11.8. The standard InChI is InChI=1S/C18H23ClN2O3S/c1-18(13-22)5-7-21(8-6-18)16-10-17(19)20-11-15(16)3-2-14-4-9-25(23,24)12-14/h10-11,14,22H,4-9,12-13H2,1H3. The van der Waals surface area contributed by atoms with Gasteiger partial charge in [-0.1, -0.05) is 30.4 Å². The molecule has 0 bridgehead atoms. The molecule has 2 fully saturated rings.